The van der Waals surface area contributed by atoms with Gasteiger partial charge in [0.05, 0.1) is 23.7 Å². The fourth-order valence-electron chi connectivity index (χ4n) is 5.21. The molecule has 3 fully saturated rings. The maximum Gasteiger partial charge on any atom is 0.418 e. The summed E-state index contributed by atoms with van der Waals surface area (Å²) >= 11 is 0. The first kappa shape index (κ1) is 23.9. The summed E-state index contributed by atoms with van der Waals surface area (Å²) in [6, 6.07) is 8.96. The van der Waals surface area contributed by atoms with Gasteiger partial charge in [0.15, 0.2) is 0 Å². The van der Waals surface area contributed by atoms with Crippen LogP contribution in [0.5, 0.6) is 5.75 Å². The van der Waals surface area contributed by atoms with Crippen molar-refractivity contribution < 1.29 is 17.9 Å². The molecular weight excluding hydrogens is 486 g/mol. The summed E-state index contributed by atoms with van der Waals surface area (Å²) < 4.78 is 46.7. The normalized spacial score (nSPS) is 19.9. The molecule has 3 N–H and O–H groups in total. The lowest BCUT2D eigenvalue weighted by Gasteiger charge is -2.32. The van der Waals surface area contributed by atoms with Gasteiger partial charge in [0.25, 0.3) is 0 Å². The van der Waals surface area contributed by atoms with Crippen molar-refractivity contribution >= 4 is 41.5 Å². The zero-order valence-corrected chi connectivity index (χ0v) is 21.2. The number of halogens is 3. The van der Waals surface area contributed by atoms with Crippen molar-refractivity contribution in [2.75, 3.05) is 43.2 Å². The Morgan fingerprint density at radius 1 is 1.08 bits per heavy atom. The van der Waals surface area contributed by atoms with Crippen LogP contribution in [0.1, 0.15) is 37.7 Å². The molecule has 0 unspecified atom stereocenters. The number of nitrogens with one attached hydrogen (secondary N) is 3. The third-order valence-electron chi connectivity index (χ3n) is 7.60. The van der Waals surface area contributed by atoms with Gasteiger partial charge in [-0.05, 0) is 61.9 Å². The molecule has 36 heavy (non-hydrogen) atoms. The van der Waals surface area contributed by atoms with E-state index in [0.717, 1.165) is 42.9 Å². The smallest absolute Gasteiger partial charge is 0.418 e. The molecule has 2 aliphatic carbocycles. The number of anilines is 3. The Bertz CT molecular complexity index is 1250. The molecule has 0 radical (unpaired) electrons. The Balaban J connectivity index is 1.26. The predicted molar refractivity (Wildman–Crippen MR) is 140 cm³/mol. The number of rotatable bonds is 7. The van der Waals surface area contributed by atoms with E-state index in [0.29, 0.717) is 11.5 Å². The molecule has 1 aromatic carbocycles. The number of ether oxygens (including phenoxy) is 1. The van der Waals surface area contributed by atoms with Crippen LogP contribution in [-0.4, -0.2) is 59.5 Å². The van der Waals surface area contributed by atoms with Gasteiger partial charge in [0.1, 0.15) is 17.2 Å². The summed E-state index contributed by atoms with van der Waals surface area (Å²) in [4.78, 5) is 9.83. The molecule has 0 amide bonds. The quantitative estimate of drug-likeness (QED) is 0.342. The standard InChI is InChI=1S/C26H31F3N5OP/c1-35-22-13-18(36-11-9-34(10-12-36)17-5-6-17)7-8-20(22)32-23-14-21(31-16-3-2-4-16)24-19(26(27,28)29)15-30-25(24)33-23/h7-8,13-17H,2-6,9-12H2,1H3,(H3,30,31,32,33). The SMILES string of the molecule is COc1cc(P2CCN(C3CC3)CC2)ccc1Nc1cc(NC2CCC2)c2c(C(F)(F)F)c[nH]c2n1. The van der Waals surface area contributed by atoms with Crippen molar-refractivity contribution in [2.24, 2.45) is 0 Å². The van der Waals surface area contributed by atoms with E-state index in [9.17, 15) is 13.2 Å². The van der Waals surface area contributed by atoms with Gasteiger partial charge >= 0.3 is 6.18 Å². The van der Waals surface area contributed by atoms with Crippen LogP contribution in [0.4, 0.5) is 30.4 Å². The van der Waals surface area contributed by atoms with Crippen molar-refractivity contribution in [3.8, 4) is 5.75 Å². The molecule has 1 saturated heterocycles. The number of nitrogens with zero attached hydrogens (tertiary/aromatic N) is 2. The van der Waals surface area contributed by atoms with Crippen molar-refractivity contribution in [2.45, 2.75) is 50.4 Å². The fraction of sp³-hybridized carbons (Fsp3) is 0.500. The van der Waals surface area contributed by atoms with Crippen molar-refractivity contribution in [3.63, 3.8) is 0 Å². The van der Waals surface area contributed by atoms with E-state index in [4.69, 9.17) is 4.74 Å². The Hall–Kier alpha value is -2.51. The third-order valence-corrected chi connectivity index (χ3v) is 10.1. The maximum atomic E-state index is 13.7. The number of fused-ring (bicyclic) bond motifs is 1. The Morgan fingerprint density at radius 3 is 2.50 bits per heavy atom. The molecule has 3 aromatic rings. The average Bonchev–Trinajstić information content (AvgIpc) is 3.59. The topological polar surface area (TPSA) is 65.2 Å². The molecule has 0 atom stereocenters. The molecular formula is C26H31F3N5OP. The molecule has 3 aliphatic rings. The van der Waals surface area contributed by atoms with Gasteiger partial charge in [-0.2, -0.15) is 13.2 Å². The second-order valence-electron chi connectivity index (χ2n) is 10.0. The number of hydrogen-bond donors (Lipinski definition) is 3. The highest BCUT2D eigenvalue weighted by molar-refractivity contribution is 7.65. The first-order chi connectivity index (χ1) is 17.4. The monoisotopic (exact) mass is 517 g/mol. The van der Waals surface area contributed by atoms with Gasteiger partial charge in [-0.15, -0.1) is 0 Å². The highest BCUT2D eigenvalue weighted by Gasteiger charge is 2.36. The van der Waals surface area contributed by atoms with E-state index >= 15 is 0 Å². The summed E-state index contributed by atoms with van der Waals surface area (Å²) in [6.45, 7) is 2.35. The largest absolute Gasteiger partial charge is 0.495 e. The Morgan fingerprint density at radius 2 is 1.86 bits per heavy atom. The summed E-state index contributed by atoms with van der Waals surface area (Å²) in [6.07, 6.45) is 4.66. The Labute approximate surface area is 209 Å². The van der Waals surface area contributed by atoms with Crippen LogP contribution in [-0.2, 0) is 6.18 Å². The molecule has 2 aromatic heterocycles. The van der Waals surface area contributed by atoms with Crippen molar-refractivity contribution in [1.29, 1.82) is 0 Å². The van der Waals surface area contributed by atoms with Crippen molar-refractivity contribution in [3.05, 3.63) is 36.0 Å². The molecule has 0 spiro atoms. The van der Waals surface area contributed by atoms with E-state index in [2.05, 4.69) is 37.6 Å². The summed E-state index contributed by atoms with van der Waals surface area (Å²) in [5.41, 5.74) is 0.699. The first-order valence-corrected chi connectivity index (χ1v) is 14.4. The number of benzene rings is 1. The van der Waals surface area contributed by atoms with E-state index in [-0.39, 0.29) is 25.0 Å². The highest BCUT2D eigenvalue weighted by Crippen LogP contribution is 2.43. The second kappa shape index (κ2) is 9.42. The van der Waals surface area contributed by atoms with Crippen LogP contribution in [0.2, 0.25) is 0 Å². The van der Waals surface area contributed by atoms with Crippen LogP contribution in [0.15, 0.2) is 30.5 Å². The van der Waals surface area contributed by atoms with Crippen LogP contribution < -0.4 is 20.7 Å². The van der Waals surface area contributed by atoms with Gasteiger partial charge in [-0.25, -0.2) is 4.98 Å². The average molecular weight is 518 g/mol. The van der Waals surface area contributed by atoms with E-state index < -0.39 is 11.7 Å². The Kier molecular flexibility index (Phi) is 6.24. The first-order valence-electron chi connectivity index (χ1n) is 12.7. The number of H-pyrrole nitrogens is 1. The van der Waals surface area contributed by atoms with Crippen LogP contribution in [0, 0.1) is 0 Å². The van der Waals surface area contributed by atoms with E-state index in [1.165, 1.54) is 43.6 Å². The maximum absolute atomic E-state index is 13.7. The molecule has 10 heteroatoms. The van der Waals surface area contributed by atoms with Gasteiger partial charge in [0, 0.05) is 43.1 Å². The minimum Gasteiger partial charge on any atom is -0.495 e. The molecule has 6 nitrogen and oxygen atoms in total. The van der Waals surface area contributed by atoms with Crippen LogP contribution >= 0.6 is 7.92 Å². The number of hydrogen-bond acceptors (Lipinski definition) is 5. The zero-order valence-electron chi connectivity index (χ0n) is 20.3. The van der Waals surface area contributed by atoms with Gasteiger partial charge in [-0.1, -0.05) is 14.0 Å². The predicted octanol–water partition coefficient (Wildman–Crippen LogP) is 5.88. The van der Waals surface area contributed by atoms with E-state index in [1.54, 1.807) is 13.2 Å². The minimum atomic E-state index is -4.46. The molecule has 6 rings (SSSR count). The number of alkyl halides is 3. The lowest BCUT2D eigenvalue weighted by atomic mass is 9.93. The van der Waals surface area contributed by atoms with Crippen molar-refractivity contribution in [1.82, 2.24) is 14.9 Å². The number of aromatic amines is 1. The van der Waals surface area contributed by atoms with Gasteiger partial charge < -0.3 is 20.4 Å². The van der Waals surface area contributed by atoms with Gasteiger partial charge in [-0.3, -0.25) is 4.90 Å². The number of pyridine rings is 1. The summed E-state index contributed by atoms with van der Waals surface area (Å²) in [5, 5.41) is 8.02. The number of methoxy groups -OCH3 is 1. The second-order valence-corrected chi connectivity index (χ2v) is 12.5. The molecule has 1 aliphatic heterocycles. The van der Waals surface area contributed by atoms with E-state index in [1.807, 2.05) is 6.07 Å². The zero-order chi connectivity index (χ0) is 24.9. The highest BCUT2D eigenvalue weighted by atomic mass is 31.1. The van der Waals surface area contributed by atoms with Crippen LogP contribution in [0.25, 0.3) is 11.0 Å². The van der Waals surface area contributed by atoms with Crippen LogP contribution in [0.3, 0.4) is 0 Å². The van der Waals surface area contributed by atoms with Gasteiger partial charge in [0.2, 0.25) is 0 Å². The minimum absolute atomic E-state index is 0.0857. The number of aromatic nitrogens is 2. The molecule has 3 heterocycles. The summed E-state index contributed by atoms with van der Waals surface area (Å²) in [7, 11) is 1.43. The summed E-state index contributed by atoms with van der Waals surface area (Å²) in [5.74, 6) is 1.19. The molecule has 192 valence electrons. The third kappa shape index (κ3) is 4.75. The lowest BCUT2D eigenvalue weighted by molar-refractivity contribution is -0.136. The molecule has 2 saturated carbocycles. The molecule has 0 bridgehead atoms. The lowest BCUT2D eigenvalue weighted by Crippen LogP contribution is -2.37. The fourth-order valence-corrected chi connectivity index (χ4v) is 7.53.